The molecule has 3 rings (SSSR count). The third-order valence-corrected chi connectivity index (χ3v) is 3.60. The summed E-state index contributed by atoms with van der Waals surface area (Å²) in [6.07, 6.45) is 0. The fourth-order valence-electron chi connectivity index (χ4n) is 2.06. The minimum Gasteiger partial charge on any atom is -0.481 e. The average Bonchev–Trinajstić information content (AvgIpc) is 2.43. The molecule has 1 amide bonds. The number of hydrogen-bond acceptors (Lipinski definition) is 4. The van der Waals surface area contributed by atoms with E-state index in [0.717, 1.165) is 10.0 Å². The number of anilines is 2. The highest BCUT2D eigenvalue weighted by Gasteiger charge is 2.19. The molecule has 3 N–H and O–H groups in total. The molecule has 6 heteroatoms. The van der Waals surface area contributed by atoms with E-state index in [1.54, 1.807) is 12.1 Å². The zero-order chi connectivity index (χ0) is 15.0. The first-order chi connectivity index (χ1) is 10.0. The Morgan fingerprint density at radius 1 is 1.29 bits per heavy atom. The van der Waals surface area contributed by atoms with E-state index in [0.29, 0.717) is 28.6 Å². The first-order valence-electron chi connectivity index (χ1n) is 6.33. The molecule has 0 aromatic heterocycles. The topological polar surface area (TPSA) is 73.6 Å². The second kappa shape index (κ2) is 5.29. The second-order valence-corrected chi connectivity index (χ2v) is 5.65. The van der Waals surface area contributed by atoms with Gasteiger partial charge in [0.05, 0.1) is 11.4 Å². The van der Waals surface area contributed by atoms with Crippen molar-refractivity contribution in [3.63, 3.8) is 0 Å². The molecular weight excluding hydrogens is 336 g/mol. The second-order valence-electron chi connectivity index (χ2n) is 4.73. The number of nitrogens with two attached hydrogens (primary N) is 1. The molecule has 0 unspecified atom stereocenters. The van der Waals surface area contributed by atoms with Crippen LogP contribution in [0.25, 0.3) is 0 Å². The molecule has 1 aliphatic rings. The zero-order valence-electron chi connectivity index (χ0n) is 11.3. The van der Waals surface area contributed by atoms with Crippen molar-refractivity contribution in [2.75, 3.05) is 17.7 Å². The molecular formula is C15H13BrN2O3. The van der Waals surface area contributed by atoms with Crippen molar-refractivity contribution in [1.29, 1.82) is 0 Å². The lowest BCUT2D eigenvalue weighted by Crippen LogP contribution is -2.25. The number of nitrogens with one attached hydrogen (secondary N) is 1. The van der Waals surface area contributed by atoms with E-state index in [1.165, 1.54) is 0 Å². The lowest BCUT2D eigenvalue weighted by atomic mass is 10.2. The van der Waals surface area contributed by atoms with Crippen molar-refractivity contribution in [2.24, 2.45) is 0 Å². The highest BCUT2D eigenvalue weighted by Crippen LogP contribution is 2.39. The minimum atomic E-state index is -0.196. The molecule has 0 saturated heterocycles. The van der Waals surface area contributed by atoms with Gasteiger partial charge in [-0.15, -0.1) is 0 Å². The highest BCUT2D eigenvalue weighted by atomic mass is 79.9. The maximum atomic E-state index is 11.4. The van der Waals surface area contributed by atoms with Crippen LogP contribution in [0.4, 0.5) is 11.4 Å². The average molecular weight is 349 g/mol. The number of ether oxygens (including phenoxy) is 2. The van der Waals surface area contributed by atoms with Gasteiger partial charge in [0.15, 0.2) is 12.4 Å². The molecule has 1 aliphatic heterocycles. The summed E-state index contributed by atoms with van der Waals surface area (Å²) in [5.74, 6) is 1.53. The number of amides is 1. The third-order valence-electron chi connectivity index (χ3n) is 3.10. The largest absolute Gasteiger partial charge is 0.481 e. The lowest BCUT2D eigenvalue weighted by Gasteiger charge is -2.20. The summed E-state index contributed by atoms with van der Waals surface area (Å²) in [6, 6.07) is 9.02. The Hall–Kier alpha value is -2.21. The van der Waals surface area contributed by atoms with Crippen molar-refractivity contribution in [3.05, 3.63) is 40.4 Å². The van der Waals surface area contributed by atoms with Crippen LogP contribution in [-0.2, 0) is 4.79 Å². The summed E-state index contributed by atoms with van der Waals surface area (Å²) in [7, 11) is 0. The quantitative estimate of drug-likeness (QED) is 0.815. The standard InChI is InChI=1S/C15H13BrN2O3/c1-8-4-9(16)2-3-12(8)21-13-6-11-14(5-10(13)17)20-7-15(19)18-11/h2-6H,7,17H2,1H3,(H,18,19). The maximum Gasteiger partial charge on any atom is 0.262 e. The monoisotopic (exact) mass is 348 g/mol. The molecule has 0 saturated carbocycles. The van der Waals surface area contributed by atoms with Crippen molar-refractivity contribution in [2.45, 2.75) is 6.92 Å². The number of nitrogen functional groups attached to an aromatic ring is 1. The van der Waals surface area contributed by atoms with Gasteiger partial charge in [-0.2, -0.15) is 0 Å². The van der Waals surface area contributed by atoms with E-state index >= 15 is 0 Å². The van der Waals surface area contributed by atoms with Crippen LogP contribution in [0.15, 0.2) is 34.8 Å². The van der Waals surface area contributed by atoms with Crippen molar-refractivity contribution in [1.82, 2.24) is 0 Å². The minimum absolute atomic E-state index is 0.00152. The van der Waals surface area contributed by atoms with Crippen LogP contribution in [0.3, 0.4) is 0 Å². The van der Waals surface area contributed by atoms with E-state index in [9.17, 15) is 4.79 Å². The zero-order valence-corrected chi connectivity index (χ0v) is 12.9. The number of aryl methyl sites for hydroxylation is 1. The molecule has 0 bridgehead atoms. The van der Waals surface area contributed by atoms with Gasteiger partial charge >= 0.3 is 0 Å². The van der Waals surface area contributed by atoms with Crippen molar-refractivity contribution >= 4 is 33.2 Å². The van der Waals surface area contributed by atoms with Crippen LogP contribution >= 0.6 is 15.9 Å². The molecule has 0 fully saturated rings. The predicted molar refractivity (Wildman–Crippen MR) is 83.9 cm³/mol. The summed E-state index contributed by atoms with van der Waals surface area (Å²) < 4.78 is 12.1. The normalized spacial score (nSPS) is 13.1. The van der Waals surface area contributed by atoms with Crippen molar-refractivity contribution in [3.8, 4) is 17.2 Å². The maximum absolute atomic E-state index is 11.4. The molecule has 2 aromatic carbocycles. The molecule has 2 aromatic rings. The molecule has 1 heterocycles. The van der Waals surface area contributed by atoms with E-state index in [4.69, 9.17) is 15.2 Å². The van der Waals surface area contributed by atoms with Crippen LogP contribution in [0.1, 0.15) is 5.56 Å². The summed E-state index contributed by atoms with van der Waals surface area (Å²) in [4.78, 5) is 11.4. The number of hydrogen-bond donors (Lipinski definition) is 2. The Morgan fingerprint density at radius 2 is 2.10 bits per heavy atom. The third kappa shape index (κ3) is 2.80. The smallest absolute Gasteiger partial charge is 0.262 e. The number of carbonyl (C=O) groups excluding carboxylic acids is 1. The first-order valence-corrected chi connectivity index (χ1v) is 7.12. The Balaban J connectivity index is 1.95. The van der Waals surface area contributed by atoms with Gasteiger partial charge in [-0.1, -0.05) is 15.9 Å². The Bertz CT molecular complexity index is 731. The van der Waals surface area contributed by atoms with E-state index in [2.05, 4.69) is 21.2 Å². The summed E-state index contributed by atoms with van der Waals surface area (Å²) in [5.41, 5.74) is 7.97. The van der Waals surface area contributed by atoms with Crippen LogP contribution in [-0.4, -0.2) is 12.5 Å². The van der Waals surface area contributed by atoms with Gasteiger partial charge in [0, 0.05) is 16.6 Å². The number of halogens is 1. The molecule has 0 atom stereocenters. The van der Waals surface area contributed by atoms with Crippen molar-refractivity contribution < 1.29 is 14.3 Å². The first kappa shape index (κ1) is 13.8. The number of carbonyl (C=O) groups is 1. The number of benzene rings is 2. The predicted octanol–water partition coefficient (Wildman–Crippen LogP) is 3.46. The van der Waals surface area contributed by atoms with Gasteiger partial charge in [-0.25, -0.2) is 0 Å². The SMILES string of the molecule is Cc1cc(Br)ccc1Oc1cc2c(cc1N)OCC(=O)N2. The van der Waals surface area contributed by atoms with Crippen LogP contribution < -0.4 is 20.5 Å². The Kier molecular flexibility index (Phi) is 3.47. The highest BCUT2D eigenvalue weighted by molar-refractivity contribution is 9.10. The fourth-order valence-corrected chi connectivity index (χ4v) is 2.53. The van der Waals surface area contributed by atoms with Gasteiger partial charge in [0.25, 0.3) is 5.91 Å². The van der Waals surface area contributed by atoms with Gasteiger partial charge in [0.1, 0.15) is 11.5 Å². The molecule has 0 radical (unpaired) electrons. The summed E-state index contributed by atoms with van der Waals surface area (Å²) in [6.45, 7) is 1.94. The van der Waals surface area contributed by atoms with E-state index in [1.807, 2.05) is 25.1 Å². The van der Waals surface area contributed by atoms with Gasteiger partial charge in [0.2, 0.25) is 0 Å². The van der Waals surface area contributed by atoms with Gasteiger partial charge in [-0.3, -0.25) is 4.79 Å². The van der Waals surface area contributed by atoms with Crippen LogP contribution in [0, 0.1) is 6.92 Å². The van der Waals surface area contributed by atoms with E-state index in [-0.39, 0.29) is 12.5 Å². The lowest BCUT2D eigenvalue weighted by molar-refractivity contribution is -0.118. The van der Waals surface area contributed by atoms with Crippen LogP contribution in [0.5, 0.6) is 17.2 Å². The number of fused-ring (bicyclic) bond motifs is 1. The molecule has 0 spiro atoms. The van der Waals surface area contributed by atoms with E-state index < -0.39 is 0 Å². The Labute approximate surface area is 130 Å². The van der Waals surface area contributed by atoms with Gasteiger partial charge < -0.3 is 20.5 Å². The van der Waals surface area contributed by atoms with Crippen LogP contribution in [0.2, 0.25) is 0 Å². The fraction of sp³-hybridized carbons (Fsp3) is 0.133. The summed E-state index contributed by atoms with van der Waals surface area (Å²) in [5, 5.41) is 2.73. The molecule has 5 nitrogen and oxygen atoms in total. The molecule has 0 aliphatic carbocycles. The molecule has 21 heavy (non-hydrogen) atoms. The number of rotatable bonds is 2. The van der Waals surface area contributed by atoms with Gasteiger partial charge in [-0.05, 0) is 30.7 Å². The molecule has 108 valence electrons. The summed E-state index contributed by atoms with van der Waals surface area (Å²) >= 11 is 3.41. The Morgan fingerprint density at radius 3 is 2.86 bits per heavy atom.